The molecule has 0 aromatic rings. The molecule has 1 unspecified atom stereocenters. The third-order valence-corrected chi connectivity index (χ3v) is 6.10. The molecule has 3 rings (SSSR count). The number of thioether (sulfide) groups is 1. The van der Waals surface area contributed by atoms with Gasteiger partial charge in [0, 0.05) is 37.0 Å². The second-order valence-electron chi connectivity index (χ2n) is 6.40. The first kappa shape index (κ1) is 13.3. The Labute approximate surface area is 116 Å². The third kappa shape index (κ3) is 2.73. The number of rotatable bonds is 5. The van der Waals surface area contributed by atoms with Gasteiger partial charge in [-0.25, -0.2) is 0 Å². The average molecular weight is 268 g/mol. The minimum atomic E-state index is 0.541. The molecule has 0 aromatic heterocycles. The standard InChI is InChI=1S/C15H28N2S/c1-2-18-10-9-17-11-14(13-5-6-13)16-12-15(17)7-3-4-8-15/h13-14,16H,2-12H2,1H3. The number of nitrogens with zero attached hydrogens (tertiary/aromatic N) is 1. The molecule has 3 fully saturated rings. The molecule has 2 nitrogen and oxygen atoms in total. The van der Waals surface area contributed by atoms with Crippen LogP contribution in [0.25, 0.3) is 0 Å². The van der Waals surface area contributed by atoms with E-state index < -0.39 is 0 Å². The second kappa shape index (κ2) is 5.72. The Morgan fingerprint density at radius 2 is 2.06 bits per heavy atom. The summed E-state index contributed by atoms with van der Waals surface area (Å²) >= 11 is 2.11. The van der Waals surface area contributed by atoms with Gasteiger partial charge in [-0.15, -0.1) is 0 Å². The van der Waals surface area contributed by atoms with Crippen LogP contribution in [0.5, 0.6) is 0 Å². The molecule has 3 aliphatic rings. The highest BCUT2D eigenvalue weighted by Gasteiger charge is 2.45. The zero-order chi connectivity index (χ0) is 12.4. The van der Waals surface area contributed by atoms with E-state index in [-0.39, 0.29) is 0 Å². The minimum absolute atomic E-state index is 0.541. The van der Waals surface area contributed by atoms with Crippen molar-refractivity contribution in [1.29, 1.82) is 0 Å². The topological polar surface area (TPSA) is 15.3 Å². The van der Waals surface area contributed by atoms with Gasteiger partial charge in [-0.05, 0) is 37.4 Å². The maximum absolute atomic E-state index is 3.89. The molecule has 0 aromatic carbocycles. The van der Waals surface area contributed by atoms with Crippen LogP contribution in [0.15, 0.2) is 0 Å². The van der Waals surface area contributed by atoms with E-state index in [0.29, 0.717) is 5.54 Å². The van der Waals surface area contributed by atoms with Crippen LogP contribution >= 0.6 is 11.8 Å². The van der Waals surface area contributed by atoms with E-state index in [4.69, 9.17) is 0 Å². The van der Waals surface area contributed by atoms with E-state index in [2.05, 4.69) is 28.9 Å². The van der Waals surface area contributed by atoms with Crippen molar-refractivity contribution >= 4 is 11.8 Å². The van der Waals surface area contributed by atoms with E-state index in [1.807, 2.05) is 0 Å². The predicted molar refractivity (Wildman–Crippen MR) is 80.3 cm³/mol. The van der Waals surface area contributed by atoms with Gasteiger partial charge in [-0.3, -0.25) is 4.90 Å². The summed E-state index contributed by atoms with van der Waals surface area (Å²) < 4.78 is 0. The Bertz CT molecular complexity index is 272. The van der Waals surface area contributed by atoms with Gasteiger partial charge in [0.1, 0.15) is 0 Å². The monoisotopic (exact) mass is 268 g/mol. The summed E-state index contributed by atoms with van der Waals surface area (Å²) in [5.41, 5.74) is 0.541. The fraction of sp³-hybridized carbons (Fsp3) is 1.00. The Morgan fingerprint density at radius 3 is 2.72 bits per heavy atom. The molecule has 2 aliphatic carbocycles. The van der Waals surface area contributed by atoms with Gasteiger partial charge in [0.05, 0.1) is 0 Å². The maximum atomic E-state index is 3.89. The molecule has 0 bridgehead atoms. The Hall–Kier alpha value is 0.270. The van der Waals surface area contributed by atoms with Crippen LogP contribution in [-0.2, 0) is 0 Å². The Morgan fingerprint density at radius 1 is 1.28 bits per heavy atom. The lowest BCUT2D eigenvalue weighted by molar-refractivity contribution is 0.0444. The molecular formula is C15H28N2S. The fourth-order valence-corrected chi connectivity index (χ4v) is 4.55. The lowest BCUT2D eigenvalue weighted by Gasteiger charge is -2.48. The number of hydrogen-bond donors (Lipinski definition) is 1. The molecule has 104 valence electrons. The summed E-state index contributed by atoms with van der Waals surface area (Å²) in [6, 6.07) is 0.808. The van der Waals surface area contributed by atoms with Gasteiger partial charge in [-0.1, -0.05) is 19.8 Å². The summed E-state index contributed by atoms with van der Waals surface area (Å²) in [6.45, 7) is 6.20. The first-order valence-electron chi connectivity index (χ1n) is 7.90. The van der Waals surface area contributed by atoms with Gasteiger partial charge in [-0.2, -0.15) is 11.8 Å². The van der Waals surface area contributed by atoms with Gasteiger partial charge >= 0.3 is 0 Å². The number of hydrogen-bond acceptors (Lipinski definition) is 3. The van der Waals surface area contributed by atoms with Gasteiger partial charge in [0.2, 0.25) is 0 Å². The average Bonchev–Trinajstić information content (AvgIpc) is 3.13. The van der Waals surface area contributed by atoms with Gasteiger partial charge in [0.25, 0.3) is 0 Å². The highest BCUT2D eigenvalue weighted by atomic mass is 32.2. The highest BCUT2D eigenvalue weighted by Crippen LogP contribution is 2.41. The summed E-state index contributed by atoms with van der Waals surface area (Å²) in [5.74, 6) is 3.60. The van der Waals surface area contributed by atoms with Crippen LogP contribution in [-0.4, -0.2) is 47.6 Å². The van der Waals surface area contributed by atoms with E-state index in [0.717, 1.165) is 12.0 Å². The molecule has 1 aliphatic heterocycles. The van der Waals surface area contributed by atoms with Crippen molar-refractivity contribution in [3.8, 4) is 0 Å². The van der Waals surface area contributed by atoms with Crippen molar-refractivity contribution in [2.45, 2.75) is 57.0 Å². The summed E-state index contributed by atoms with van der Waals surface area (Å²) in [4.78, 5) is 2.88. The third-order valence-electron chi connectivity index (χ3n) is 5.22. The molecule has 1 N–H and O–H groups in total. The molecule has 2 saturated carbocycles. The van der Waals surface area contributed by atoms with E-state index in [1.165, 1.54) is 69.7 Å². The number of piperazine rings is 1. The molecule has 0 radical (unpaired) electrons. The summed E-state index contributed by atoms with van der Waals surface area (Å²) in [7, 11) is 0. The summed E-state index contributed by atoms with van der Waals surface area (Å²) in [6.07, 6.45) is 8.73. The molecule has 1 atom stereocenters. The first-order valence-corrected chi connectivity index (χ1v) is 9.06. The van der Waals surface area contributed by atoms with Crippen molar-refractivity contribution in [2.24, 2.45) is 5.92 Å². The van der Waals surface area contributed by atoms with E-state index in [1.54, 1.807) is 0 Å². The highest BCUT2D eigenvalue weighted by molar-refractivity contribution is 7.99. The van der Waals surface area contributed by atoms with Gasteiger partial charge < -0.3 is 5.32 Å². The minimum Gasteiger partial charge on any atom is -0.311 e. The van der Waals surface area contributed by atoms with Crippen molar-refractivity contribution < 1.29 is 0 Å². The van der Waals surface area contributed by atoms with Crippen LogP contribution in [0, 0.1) is 5.92 Å². The smallest absolute Gasteiger partial charge is 0.0335 e. The van der Waals surface area contributed by atoms with Crippen molar-refractivity contribution in [3.63, 3.8) is 0 Å². The van der Waals surface area contributed by atoms with Crippen LogP contribution in [0.4, 0.5) is 0 Å². The zero-order valence-corrected chi connectivity index (χ0v) is 12.6. The maximum Gasteiger partial charge on any atom is 0.0335 e. The largest absolute Gasteiger partial charge is 0.311 e. The quantitative estimate of drug-likeness (QED) is 0.772. The molecule has 3 heteroatoms. The molecule has 1 spiro atoms. The van der Waals surface area contributed by atoms with Crippen molar-refractivity contribution in [1.82, 2.24) is 10.2 Å². The van der Waals surface area contributed by atoms with E-state index in [9.17, 15) is 0 Å². The predicted octanol–water partition coefficient (Wildman–Crippen LogP) is 2.74. The lowest BCUT2D eigenvalue weighted by Crippen LogP contribution is -2.64. The molecule has 1 saturated heterocycles. The SMILES string of the molecule is CCSCCN1CC(C2CC2)NCC12CCCC2. The number of nitrogens with one attached hydrogen (secondary N) is 1. The Kier molecular flexibility index (Phi) is 4.21. The molecule has 1 heterocycles. The lowest BCUT2D eigenvalue weighted by atomic mass is 9.90. The second-order valence-corrected chi connectivity index (χ2v) is 7.79. The van der Waals surface area contributed by atoms with Crippen LogP contribution in [0.1, 0.15) is 45.4 Å². The van der Waals surface area contributed by atoms with Crippen LogP contribution in [0.2, 0.25) is 0 Å². The fourth-order valence-electron chi connectivity index (χ4n) is 3.92. The first-order chi connectivity index (χ1) is 8.84. The molecule has 18 heavy (non-hydrogen) atoms. The zero-order valence-electron chi connectivity index (χ0n) is 11.8. The van der Waals surface area contributed by atoms with Crippen molar-refractivity contribution in [3.05, 3.63) is 0 Å². The van der Waals surface area contributed by atoms with Crippen LogP contribution in [0.3, 0.4) is 0 Å². The van der Waals surface area contributed by atoms with Crippen molar-refractivity contribution in [2.75, 3.05) is 31.1 Å². The summed E-state index contributed by atoms with van der Waals surface area (Å²) in [5, 5.41) is 3.89. The van der Waals surface area contributed by atoms with Gasteiger partial charge in [0.15, 0.2) is 0 Å². The van der Waals surface area contributed by atoms with E-state index >= 15 is 0 Å². The molecule has 0 amide bonds. The Balaban J connectivity index is 1.61. The molecular weight excluding hydrogens is 240 g/mol. The van der Waals surface area contributed by atoms with Crippen LogP contribution < -0.4 is 5.32 Å². The normalized spacial score (nSPS) is 32.2.